The lowest BCUT2D eigenvalue weighted by atomic mass is 10.2. The maximum atomic E-state index is 12.1. The highest BCUT2D eigenvalue weighted by atomic mass is 16.5. The Kier molecular flexibility index (Phi) is 4.62. The van der Waals surface area contributed by atoms with Crippen LogP contribution in [0.3, 0.4) is 0 Å². The highest BCUT2D eigenvalue weighted by Gasteiger charge is 2.18. The first-order chi connectivity index (χ1) is 10.3. The SMILES string of the molecule is O=C(NC[C@H]1CCCO1)c1cc(N2CCOCC2)ncn1. The maximum absolute atomic E-state index is 12.1. The highest BCUT2D eigenvalue weighted by Crippen LogP contribution is 2.13. The Balaban J connectivity index is 1.60. The molecule has 3 rings (SSSR count). The van der Waals surface area contributed by atoms with Crippen molar-refractivity contribution in [3.05, 3.63) is 18.1 Å². The third-order valence-corrected chi connectivity index (χ3v) is 3.73. The predicted molar refractivity (Wildman–Crippen MR) is 76.4 cm³/mol. The zero-order valence-electron chi connectivity index (χ0n) is 12.0. The Bertz CT molecular complexity index is 485. The first-order valence-corrected chi connectivity index (χ1v) is 7.37. The standard InChI is InChI=1S/C14H20N4O3/c19-14(15-9-11-2-1-5-21-11)12-8-13(17-10-16-12)18-3-6-20-7-4-18/h8,10-11H,1-7,9H2,(H,15,19)/t11-/m1/s1. The number of ether oxygens (including phenoxy) is 2. The van der Waals surface area contributed by atoms with E-state index in [0.29, 0.717) is 25.5 Å². The van der Waals surface area contributed by atoms with E-state index in [1.807, 2.05) is 0 Å². The molecular weight excluding hydrogens is 272 g/mol. The Hall–Kier alpha value is -1.73. The molecule has 0 aromatic carbocycles. The topological polar surface area (TPSA) is 76.6 Å². The summed E-state index contributed by atoms with van der Waals surface area (Å²) in [7, 11) is 0. The van der Waals surface area contributed by atoms with Crippen molar-refractivity contribution in [3.63, 3.8) is 0 Å². The van der Waals surface area contributed by atoms with Crippen LogP contribution in [-0.4, -0.2) is 61.4 Å². The molecule has 0 radical (unpaired) electrons. The number of nitrogens with zero attached hydrogens (tertiary/aromatic N) is 3. The molecular formula is C14H20N4O3. The number of hydrogen-bond donors (Lipinski definition) is 1. The summed E-state index contributed by atoms with van der Waals surface area (Å²) >= 11 is 0. The van der Waals surface area contributed by atoms with E-state index in [9.17, 15) is 4.79 Å². The van der Waals surface area contributed by atoms with Gasteiger partial charge in [-0.2, -0.15) is 0 Å². The van der Waals surface area contributed by atoms with Crippen LogP contribution in [-0.2, 0) is 9.47 Å². The zero-order chi connectivity index (χ0) is 14.5. The smallest absolute Gasteiger partial charge is 0.270 e. The van der Waals surface area contributed by atoms with E-state index in [1.165, 1.54) is 6.33 Å². The van der Waals surface area contributed by atoms with Crippen LogP contribution in [0.5, 0.6) is 0 Å². The van der Waals surface area contributed by atoms with Crippen LogP contribution in [0, 0.1) is 0 Å². The lowest BCUT2D eigenvalue weighted by molar-refractivity contribution is 0.0853. The number of aromatic nitrogens is 2. The Labute approximate surface area is 123 Å². The summed E-state index contributed by atoms with van der Waals surface area (Å²) in [6.07, 6.45) is 3.64. The highest BCUT2D eigenvalue weighted by molar-refractivity contribution is 5.92. The molecule has 2 aliphatic rings. The number of carbonyl (C=O) groups excluding carboxylic acids is 1. The van der Waals surface area contributed by atoms with Gasteiger partial charge < -0.3 is 19.7 Å². The molecule has 0 bridgehead atoms. The Morgan fingerprint density at radius 1 is 1.33 bits per heavy atom. The van der Waals surface area contributed by atoms with Crippen molar-refractivity contribution in [2.45, 2.75) is 18.9 Å². The van der Waals surface area contributed by atoms with Crippen LogP contribution in [0.4, 0.5) is 5.82 Å². The van der Waals surface area contributed by atoms with Crippen molar-refractivity contribution in [3.8, 4) is 0 Å². The van der Waals surface area contributed by atoms with Crippen molar-refractivity contribution in [2.75, 3.05) is 44.4 Å². The molecule has 2 aliphatic heterocycles. The summed E-state index contributed by atoms with van der Waals surface area (Å²) in [5.41, 5.74) is 0.393. The Morgan fingerprint density at radius 2 is 2.19 bits per heavy atom. The van der Waals surface area contributed by atoms with Gasteiger partial charge in [0.25, 0.3) is 5.91 Å². The van der Waals surface area contributed by atoms with Gasteiger partial charge in [-0.05, 0) is 12.8 Å². The van der Waals surface area contributed by atoms with Gasteiger partial charge in [-0.15, -0.1) is 0 Å². The second-order valence-electron chi connectivity index (χ2n) is 5.21. The molecule has 21 heavy (non-hydrogen) atoms. The van der Waals surface area contributed by atoms with Gasteiger partial charge in [0.05, 0.1) is 19.3 Å². The number of carbonyl (C=O) groups is 1. The van der Waals surface area contributed by atoms with Crippen LogP contribution < -0.4 is 10.2 Å². The number of rotatable bonds is 4. The van der Waals surface area contributed by atoms with Gasteiger partial charge >= 0.3 is 0 Å². The average molecular weight is 292 g/mol. The molecule has 1 N–H and O–H groups in total. The van der Waals surface area contributed by atoms with Gasteiger partial charge in [-0.3, -0.25) is 4.79 Å². The first-order valence-electron chi connectivity index (χ1n) is 7.37. The second kappa shape index (κ2) is 6.82. The number of anilines is 1. The summed E-state index contributed by atoms with van der Waals surface area (Å²) in [6.45, 7) is 4.27. The van der Waals surface area contributed by atoms with E-state index in [4.69, 9.17) is 9.47 Å². The molecule has 0 saturated carbocycles. The van der Waals surface area contributed by atoms with Crippen LogP contribution in [0.15, 0.2) is 12.4 Å². The third-order valence-electron chi connectivity index (χ3n) is 3.73. The average Bonchev–Trinajstić information content (AvgIpc) is 3.07. The lowest BCUT2D eigenvalue weighted by Gasteiger charge is -2.27. The normalized spacial score (nSPS) is 22.3. The third kappa shape index (κ3) is 3.68. The molecule has 7 heteroatoms. The van der Waals surface area contributed by atoms with E-state index in [2.05, 4.69) is 20.2 Å². The quantitative estimate of drug-likeness (QED) is 0.855. The number of morpholine rings is 1. The Morgan fingerprint density at radius 3 is 2.95 bits per heavy atom. The van der Waals surface area contributed by atoms with E-state index in [1.54, 1.807) is 6.07 Å². The number of amides is 1. The van der Waals surface area contributed by atoms with E-state index in [0.717, 1.165) is 38.4 Å². The molecule has 1 aromatic heterocycles. The van der Waals surface area contributed by atoms with Crippen molar-refractivity contribution in [2.24, 2.45) is 0 Å². The van der Waals surface area contributed by atoms with E-state index >= 15 is 0 Å². The van der Waals surface area contributed by atoms with Gasteiger partial charge in [0.2, 0.25) is 0 Å². The van der Waals surface area contributed by atoms with Gasteiger partial charge in [0.1, 0.15) is 17.8 Å². The monoisotopic (exact) mass is 292 g/mol. The van der Waals surface area contributed by atoms with Crippen molar-refractivity contribution in [1.29, 1.82) is 0 Å². The molecule has 3 heterocycles. The minimum Gasteiger partial charge on any atom is -0.378 e. The maximum Gasteiger partial charge on any atom is 0.270 e. The van der Waals surface area contributed by atoms with Crippen LogP contribution in [0.25, 0.3) is 0 Å². The van der Waals surface area contributed by atoms with Crippen molar-refractivity contribution >= 4 is 11.7 Å². The number of nitrogens with one attached hydrogen (secondary N) is 1. The van der Waals surface area contributed by atoms with Crippen LogP contribution in [0.1, 0.15) is 23.3 Å². The molecule has 0 aliphatic carbocycles. The fourth-order valence-corrected chi connectivity index (χ4v) is 2.54. The first kappa shape index (κ1) is 14.2. The molecule has 2 saturated heterocycles. The molecule has 7 nitrogen and oxygen atoms in total. The number of hydrogen-bond acceptors (Lipinski definition) is 6. The molecule has 0 unspecified atom stereocenters. The summed E-state index contributed by atoms with van der Waals surface area (Å²) < 4.78 is 10.8. The summed E-state index contributed by atoms with van der Waals surface area (Å²) in [4.78, 5) is 22.5. The molecule has 1 atom stereocenters. The fraction of sp³-hybridized carbons (Fsp3) is 0.643. The lowest BCUT2D eigenvalue weighted by Crippen LogP contribution is -2.37. The predicted octanol–water partition coefficient (Wildman–Crippen LogP) is 0.222. The van der Waals surface area contributed by atoms with Crippen LogP contribution in [0.2, 0.25) is 0 Å². The summed E-state index contributed by atoms with van der Waals surface area (Å²) in [5.74, 6) is 0.595. The van der Waals surface area contributed by atoms with Gasteiger partial charge in [-0.1, -0.05) is 0 Å². The molecule has 114 valence electrons. The van der Waals surface area contributed by atoms with E-state index < -0.39 is 0 Å². The minimum absolute atomic E-state index is 0.134. The van der Waals surface area contributed by atoms with Crippen molar-refractivity contribution in [1.82, 2.24) is 15.3 Å². The molecule has 1 amide bonds. The fourth-order valence-electron chi connectivity index (χ4n) is 2.54. The van der Waals surface area contributed by atoms with Crippen LogP contribution >= 0.6 is 0 Å². The summed E-state index contributed by atoms with van der Waals surface area (Å²) in [5, 5.41) is 2.87. The minimum atomic E-state index is -0.178. The van der Waals surface area contributed by atoms with Gasteiger partial charge in [0, 0.05) is 32.3 Å². The second-order valence-corrected chi connectivity index (χ2v) is 5.21. The van der Waals surface area contributed by atoms with Gasteiger partial charge in [0.15, 0.2) is 0 Å². The molecule has 2 fully saturated rings. The van der Waals surface area contributed by atoms with E-state index in [-0.39, 0.29) is 12.0 Å². The largest absolute Gasteiger partial charge is 0.378 e. The van der Waals surface area contributed by atoms with Crippen molar-refractivity contribution < 1.29 is 14.3 Å². The van der Waals surface area contributed by atoms with Gasteiger partial charge in [-0.25, -0.2) is 9.97 Å². The summed E-state index contributed by atoms with van der Waals surface area (Å²) in [6, 6.07) is 1.73. The molecule has 0 spiro atoms. The zero-order valence-corrected chi connectivity index (χ0v) is 12.0. The molecule has 1 aromatic rings.